The van der Waals surface area contributed by atoms with Crippen molar-refractivity contribution in [2.75, 3.05) is 0 Å². The number of aromatic nitrogens is 1. The lowest BCUT2D eigenvalue weighted by Gasteiger charge is -2.15. The molecule has 2 aromatic rings. The van der Waals surface area contributed by atoms with Gasteiger partial charge in [0.1, 0.15) is 17.5 Å². The number of benzene rings is 2. The average molecular weight is 341 g/mol. The van der Waals surface area contributed by atoms with Gasteiger partial charge in [-0.15, -0.1) is 0 Å². The number of hydrogen-bond donors (Lipinski definition) is 0. The molecule has 0 atom stereocenters. The lowest BCUT2D eigenvalue weighted by molar-refractivity contribution is -0.138. The van der Waals surface area contributed by atoms with E-state index in [1.165, 1.54) is 0 Å². The molecule has 0 spiro atoms. The van der Waals surface area contributed by atoms with Crippen molar-refractivity contribution in [3.63, 3.8) is 0 Å². The van der Waals surface area contributed by atoms with Crippen LogP contribution in [0, 0.1) is 13.8 Å². The minimum atomic E-state index is -4.53. The standard InChI is InChI=1S/C20H14F3NO/c1-11-8-9-12(2)17-15(11)19-18(24-17)16(13-6-4-3-5-7-13)14(10-25-19)20(21,22)23/h3-10H,1-2H3. The number of halogens is 3. The van der Waals surface area contributed by atoms with Crippen LogP contribution < -0.4 is 0 Å². The molecule has 2 heterocycles. The third-order valence-corrected chi connectivity index (χ3v) is 4.42. The van der Waals surface area contributed by atoms with Crippen LogP contribution in [0.2, 0.25) is 0 Å². The van der Waals surface area contributed by atoms with Crippen molar-refractivity contribution in [2.45, 2.75) is 20.0 Å². The van der Waals surface area contributed by atoms with E-state index in [9.17, 15) is 13.2 Å². The molecule has 0 unspecified atom stereocenters. The molecule has 0 aromatic heterocycles. The van der Waals surface area contributed by atoms with Crippen LogP contribution >= 0.6 is 0 Å². The largest absolute Gasteiger partial charge is 0.461 e. The molecule has 0 bridgehead atoms. The minimum absolute atomic E-state index is 0.0596. The second-order valence-corrected chi connectivity index (χ2v) is 6.10. The molecule has 0 saturated carbocycles. The Morgan fingerprint density at radius 3 is 2.28 bits per heavy atom. The molecular weight excluding hydrogens is 327 g/mol. The van der Waals surface area contributed by atoms with Crippen molar-refractivity contribution in [2.24, 2.45) is 0 Å². The van der Waals surface area contributed by atoms with E-state index < -0.39 is 11.7 Å². The van der Waals surface area contributed by atoms with Crippen LogP contribution in [0.1, 0.15) is 16.7 Å². The first kappa shape index (κ1) is 15.7. The summed E-state index contributed by atoms with van der Waals surface area (Å²) in [4.78, 5) is 4.53. The first-order valence-electron chi connectivity index (χ1n) is 7.81. The average Bonchev–Trinajstić information content (AvgIpc) is 2.98. The van der Waals surface area contributed by atoms with E-state index in [0.29, 0.717) is 16.8 Å². The third kappa shape index (κ3) is 2.38. The van der Waals surface area contributed by atoms with Crippen LogP contribution in [-0.2, 0) is 6.18 Å². The first-order valence-corrected chi connectivity index (χ1v) is 7.81. The molecule has 2 aliphatic rings. The predicted octanol–water partition coefficient (Wildman–Crippen LogP) is 6.24. The van der Waals surface area contributed by atoms with E-state index in [1.807, 2.05) is 26.0 Å². The summed E-state index contributed by atoms with van der Waals surface area (Å²) in [7, 11) is 0. The van der Waals surface area contributed by atoms with Crippen molar-refractivity contribution in [3.05, 3.63) is 65.4 Å². The fraction of sp³-hybridized carbons (Fsp3) is 0.150. The summed E-state index contributed by atoms with van der Waals surface area (Å²) in [6.45, 7) is 3.79. The third-order valence-electron chi connectivity index (χ3n) is 4.42. The summed E-state index contributed by atoms with van der Waals surface area (Å²) in [5, 5.41) is 0.765. The minimum Gasteiger partial charge on any atom is -0.461 e. The highest BCUT2D eigenvalue weighted by Crippen LogP contribution is 2.46. The molecule has 0 aliphatic carbocycles. The van der Waals surface area contributed by atoms with Gasteiger partial charge < -0.3 is 4.42 Å². The van der Waals surface area contributed by atoms with E-state index >= 15 is 0 Å². The molecule has 126 valence electrons. The molecule has 0 fully saturated rings. The van der Waals surface area contributed by atoms with Gasteiger partial charge in [-0.05, 0) is 30.5 Å². The Labute approximate surface area is 142 Å². The van der Waals surface area contributed by atoms with Gasteiger partial charge in [0.05, 0.1) is 5.52 Å². The highest BCUT2D eigenvalue weighted by Gasteiger charge is 2.38. The first-order chi connectivity index (χ1) is 11.9. The van der Waals surface area contributed by atoms with Crippen molar-refractivity contribution in [3.8, 4) is 22.6 Å². The lowest BCUT2D eigenvalue weighted by Crippen LogP contribution is -2.08. The van der Waals surface area contributed by atoms with Crippen molar-refractivity contribution < 1.29 is 17.6 Å². The fourth-order valence-corrected chi connectivity index (χ4v) is 3.20. The van der Waals surface area contributed by atoms with Crippen LogP contribution in [-0.4, -0.2) is 4.98 Å². The maximum atomic E-state index is 13.6. The highest BCUT2D eigenvalue weighted by atomic mass is 19.4. The Hall–Kier alpha value is -2.82. The Balaban J connectivity index is 2.18. The second kappa shape index (κ2) is 5.34. The van der Waals surface area contributed by atoms with Gasteiger partial charge in [0.15, 0.2) is 5.76 Å². The summed E-state index contributed by atoms with van der Waals surface area (Å²) < 4.78 is 46.2. The Kier molecular flexibility index (Phi) is 3.35. The smallest absolute Gasteiger partial charge is 0.420 e. The molecule has 0 N–H and O–H groups in total. The molecular formula is C20H14F3NO. The van der Waals surface area contributed by atoms with Gasteiger partial charge in [0.25, 0.3) is 0 Å². The van der Waals surface area contributed by atoms with E-state index in [-0.39, 0.29) is 11.3 Å². The van der Waals surface area contributed by atoms with Gasteiger partial charge in [-0.3, -0.25) is 0 Å². The number of alkyl halides is 3. The molecule has 0 saturated heterocycles. The number of rotatable bonds is 1. The summed E-state index contributed by atoms with van der Waals surface area (Å²) in [5.41, 5.74) is 2.45. The van der Waals surface area contributed by atoms with Gasteiger partial charge in [-0.25, -0.2) is 4.98 Å². The summed E-state index contributed by atoms with van der Waals surface area (Å²) in [6.07, 6.45) is -3.73. The molecule has 25 heavy (non-hydrogen) atoms. The van der Waals surface area contributed by atoms with Crippen LogP contribution in [0.4, 0.5) is 13.2 Å². The highest BCUT2D eigenvalue weighted by molar-refractivity contribution is 6.02. The number of aryl methyl sites for hydroxylation is 2. The van der Waals surface area contributed by atoms with Crippen molar-refractivity contribution >= 4 is 10.9 Å². The number of nitrogens with zero attached hydrogens (tertiary/aromatic N) is 1. The van der Waals surface area contributed by atoms with Gasteiger partial charge in [-0.1, -0.05) is 42.5 Å². The van der Waals surface area contributed by atoms with Gasteiger partial charge >= 0.3 is 6.18 Å². The predicted molar refractivity (Wildman–Crippen MR) is 90.5 cm³/mol. The van der Waals surface area contributed by atoms with Gasteiger partial charge in [0, 0.05) is 10.9 Å². The molecule has 2 aliphatic heterocycles. The van der Waals surface area contributed by atoms with Crippen LogP contribution in [0.5, 0.6) is 0 Å². The zero-order valence-electron chi connectivity index (χ0n) is 13.6. The van der Waals surface area contributed by atoms with Gasteiger partial charge in [-0.2, -0.15) is 13.2 Å². The Morgan fingerprint density at radius 2 is 1.60 bits per heavy atom. The monoisotopic (exact) mass is 341 g/mol. The SMILES string of the molecule is Cc1ccc(C)c2c3occ(C(F)(F)F)c(-c4ccccc4)c-3nc12. The quantitative estimate of drug-likeness (QED) is 0.410. The van der Waals surface area contributed by atoms with Crippen molar-refractivity contribution in [1.29, 1.82) is 0 Å². The molecule has 0 radical (unpaired) electrons. The molecule has 0 amide bonds. The topological polar surface area (TPSA) is 26.0 Å². The molecule has 2 nitrogen and oxygen atoms in total. The Bertz CT molecular complexity index is 1050. The number of fused-ring (bicyclic) bond motifs is 3. The second-order valence-electron chi connectivity index (χ2n) is 6.10. The maximum Gasteiger partial charge on any atom is 0.420 e. The molecule has 4 rings (SSSR count). The van der Waals surface area contributed by atoms with Crippen LogP contribution in [0.15, 0.2) is 53.1 Å². The summed E-state index contributed by atoms with van der Waals surface area (Å²) in [5.74, 6) is 0.392. The normalized spacial score (nSPS) is 12.2. The van der Waals surface area contributed by atoms with Gasteiger partial charge in [0.2, 0.25) is 0 Å². The van der Waals surface area contributed by atoms with Crippen LogP contribution in [0.25, 0.3) is 33.5 Å². The molecule has 2 aromatic carbocycles. The summed E-state index contributed by atoms with van der Waals surface area (Å²) in [6, 6.07) is 12.3. The van der Waals surface area contributed by atoms with E-state index in [2.05, 4.69) is 4.98 Å². The van der Waals surface area contributed by atoms with E-state index in [0.717, 1.165) is 22.8 Å². The van der Waals surface area contributed by atoms with Crippen molar-refractivity contribution in [1.82, 2.24) is 4.98 Å². The fourth-order valence-electron chi connectivity index (χ4n) is 3.20. The summed E-state index contributed by atoms with van der Waals surface area (Å²) >= 11 is 0. The maximum absolute atomic E-state index is 13.6. The Morgan fingerprint density at radius 1 is 0.920 bits per heavy atom. The van der Waals surface area contributed by atoms with Crippen LogP contribution in [0.3, 0.4) is 0 Å². The molecule has 5 heteroatoms. The van der Waals surface area contributed by atoms with E-state index in [4.69, 9.17) is 4.42 Å². The number of hydrogen-bond acceptors (Lipinski definition) is 2. The zero-order valence-corrected chi connectivity index (χ0v) is 13.6. The zero-order chi connectivity index (χ0) is 17.8. The van der Waals surface area contributed by atoms with E-state index in [1.54, 1.807) is 30.3 Å². The lowest BCUT2D eigenvalue weighted by atomic mass is 9.97.